The van der Waals surface area contributed by atoms with Gasteiger partial charge in [-0.2, -0.15) is 0 Å². The molecule has 26 heavy (non-hydrogen) atoms. The van der Waals surface area contributed by atoms with Crippen LogP contribution in [0.1, 0.15) is 31.9 Å². The number of carboxylic acid groups (broad SMARTS) is 1. The minimum Gasteiger partial charge on any atom is -0.481 e. The maximum atomic E-state index is 12.8. The lowest BCUT2D eigenvalue weighted by molar-refractivity contribution is -0.165. The number of aliphatic carboxylic acids is 1. The first kappa shape index (κ1) is 19.1. The largest absolute Gasteiger partial charge is 0.481 e. The van der Waals surface area contributed by atoms with E-state index in [0.717, 1.165) is 13.8 Å². The first-order valence-corrected chi connectivity index (χ1v) is 7.80. The highest BCUT2D eigenvalue weighted by Gasteiger charge is 2.47. The van der Waals surface area contributed by atoms with Gasteiger partial charge in [-0.1, -0.05) is 30.3 Å². The van der Waals surface area contributed by atoms with E-state index < -0.39 is 54.3 Å². The van der Waals surface area contributed by atoms with Crippen LogP contribution in [0.4, 0.5) is 0 Å². The number of amides is 3. The summed E-state index contributed by atoms with van der Waals surface area (Å²) >= 11 is 0. The second-order valence-electron chi connectivity index (χ2n) is 5.77. The third kappa shape index (κ3) is 4.05. The number of imide groups is 1. The number of carboxylic acids is 1. The Morgan fingerprint density at radius 2 is 1.81 bits per heavy atom. The second-order valence-corrected chi connectivity index (χ2v) is 5.77. The highest BCUT2D eigenvalue weighted by molar-refractivity contribution is 6.07. The second kappa shape index (κ2) is 7.77. The van der Waals surface area contributed by atoms with Gasteiger partial charge in [0.15, 0.2) is 12.1 Å². The minimum absolute atomic E-state index is 0.446. The van der Waals surface area contributed by atoms with Gasteiger partial charge in [-0.3, -0.25) is 28.9 Å². The third-order valence-electron chi connectivity index (χ3n) is 3.85. The van der Waals surface area contributed by atoms with Crippen LogP contribution < -0.4 is 5.32 Å². The highest BCUT2D eigenvalue weighted by Crippen LogP contribution is 2.27. The lowest BCUT2D eigenvalue weighted by Gasteiger charge is -2.39. The molecule has 1 heterocycles. The molecule has 9 heteroatoms. The Labute approximate surface area is 148 Å². The molecule has 0 aliphatic carbocycles. The molecule has 1 fully saturated rings. The Balaban J connectivity index is 2.42. The van der Waals surface area contributed by atoms with Crippen LogP contribution in [0.2, 0.25) is 0 Å². The van der Waals surface area contributed by atoms with E-state index in [1.165, 1.54) is 0 Å². The van der Waals surface area contributed by atoms with E-state index in [0.29, 0.717) is 10.5 Å². The number of hydrogen-bond acceptors (Lipinski definition) is 6. The van der Waals surface area contributed by atoms with Crippen molar-refractivity contribution in [2.24, 2.45) is 0 Å². The molecule has 138 valence electrons. The van der Waals surface area contributed by atoms with Crippen molar-refractivity contribution in [1.29, 1.82) is 0 Å². The van der Waals surface area contributed by atoms with E-state index >= 15 is 0 Å². The first-order chi connectivity index (χ1) is 12.2. The molecule has 2 unspecified atom stereocenters. The van der Waals surface area contributed by atoms with Crippen molar-refractivity contribution in [1.82, 2.24) is 10.2 Å². The molecule has 1 aromatic rings. The van der Waals surface area contributed by atoms with Crippen molar-refractivity contribution in [3.05, 3.63) is 35.9 Å². The Hall–Kier alpha value is -3.23. The predicted molar refractivity (Wildman–Crippen MR) is 86.4 cm³/mol. The van der Waals surface area contributed by atoms with E-state index in [-0.39, 0.29) is 0 Å². The van der Waals surface area contributed by atoms with Crippen LogP contribution in [0, 0.1) is 0 Å². The molecule has 1 aliphatic rings. The van der Waals surface area contributed by atoms with Crippen molar-refractivity contribution in [2.45, 2.75) is 38.5 Å². The van der Waals surface area contributed by atoms with E-state index in [1.54, 1.807) is 30.3 Å². The van der Waals surface area contributed by atoms with Crippen molar-refractivity contribution in [3.63, 3.8) is 0 Å². The number of rotatable bonds is 5. The van der Waals surface area contributed by atoms with Crippen LogP contribution in [0.5, 0.6) is 0 Å². The Morgan fingerprint density at radius 1 is 1.19 bits per heavy atom. The monoisotopic (exact) mass is 362 g/mol. The number of esters is 1. The van der Waals surface area contributed by atoms with Gasteiger partial charge in [-0.05, 0) is 5.56 Å². The molecule has 3 amide bonds. The van der Waals surface area contributed by atoms with Crippen molar-refractivity contribution in [3.8, 4) is 0 Å². The maximum Gasteiger partial charge on any atom is 0.306 e. The molecular formula is C17H18N2O7. The average Bonchev–Trinajstić information content (AvgIpc) is 2.56. The Bertz CT molecular complexity index is 747. The van der Waals surface area contributed by atoms with Crippen molar-refractivity contribution < 1.29 is 33.8 Å². The molecule has 0 spiro atoms. The predicted octanol–water partition coefficient (Wildman–Crippen LogP) is 0.00760. The quantitative estimate of drug-likeness (QED) is 0.706. The standard InChI is InChI=1S/C17H18N2O7/c1-9(20)19-12(8-13(22)23)16(24)18-14(17(19)25)15(26-10(2)21)11-6-4-3-5-7-11/h3-7,12,14-15H,8H2,1-2H3,(H,18,24)(H,22,23)/t12-,14?,15?/m0/s1. The van der Waals surface area contributed by atoms with Gasteiger partial charge in [0.25, 0.3) is 5.91 Å². The highest BCUT2D eigenvalue weighted by atomic mass is 16.5. The zero-order valence-corrected chi connectivity index (χ0v) is 14.2. The minimum atomic E-state index is -1.46. The van der Waals surface area contributed by atoms with Crippen molar-refractivity contribution in [2.75, 3.05) is 0 Å². The zero-order chi connectivity index (χ0) is 19.4. The number of benzene rings is 1. The van der Waals surface area contributed by atoms with E-state index in [4.69, 9.17) is 9.84 Å². The van der Waals surface area contributed by atoms with Gasteiger partial charge >= 0.3 is 11.9 Å². The fourth-order valence-electron chi connectivity index (χ4n) is 2.81. The van der Waals surface area contributed by atoms with Crippen LogP contribution in [0.15, 0.2) is 30.3 Å². The van der Waals surface area contributed by atoms with Gasteiger partial charge < -0.3 is 15.2 Å². The number of nitrogens with one attached hydrogen (secondary N) is 1. The van der Waals surface area contributed by atoms with Crippen LogP contribution in [0.3, 0.4) is 0 Å². The summed E-state index contributed by atoms with van der Waals surface area (Å²) < 4.78 is 5.21. The molecule has 2 rings (SSSR count). The molecule has 0 radical (unpaired) electrons. The van der Waals surface area contributed by atoms with Crippen LogP contribution in [-0.2, 0) is 28.7 Å². The third-order valence-corrected chi connectivity index (χ3v) is 3.85. The SMILES string of the molecule is CC(=O)OC(c1ccccc1)C1NC(=O)[C@H](CC(=O)O)N(C(C)=O)C1=O. The molecule has 1 aromatic carbocycles. The number of piperazine rings is 1. The lowest BCUT2D eigenvalue weighted by Crippen LogP contribution is -2.66. The van der Waals surface area contributed by atoms with Crippen LogP contribution >= 0.6 is 0 Å². The molecule has 0 bridgehead atoms. The number of hydrogen-bond donors (Lipinski definition) is 2. The summed E-state index contributed by atoms with van der Waals surface area (Å²) in [5, 5.41) is 11.3. The van der Waals surface area contributed by atoms with Crippen LogP contribution in [0.25, 0.3) is 0 Å². The number of nitrogens with zero attached hydrogens (tertiary/aromatic N) is 1. The molecule has 1 aliphatic heterocycles. The maximum absolute atomic E-state index is 12.8. The summed E-state index contributed by atoms with van der Waals surface area (Å²) in [6, 6.07) is 5.46. The Morgan fingerprint density at radius 3 is 2.31 bits per heavy atom. The summed E-state index contributed by atoms with van der Waals surface area (Å²) in [6.45, 7) is 2.22. The fourth-order valence-corrected chi connectivity index (χ4v) is 2.81. The van der Waals surface area contributed by atoms with Crippen LogP contribution in [-0.4, -0.2) is 51.8 Å². The summed E-state index contributed by atoms with van der Waals surface area (Å²) in [5.41, 5.74) is 0.446. The molecule has 2 N–H and O–H groups in total. The smallest absolute Gasteiger partial charge is 0.306 e. The molecular weight excluding hydrogens is 344 g/mol. The number of ether oxygens (including phenoxy) is 1. The zero-order valence-electron chi connectivity index (χ0n) is 14.2. The van der Waals surface area contributed by atoms with Gasteiger partial charge in [0, 0.05) is 13.8 Å². The topological polar surface area (TPSA) is 130 Å². The van der Waals surface area contributed by atoms with Gasteiger partial charge in [0.05, 0.1) is 6.42 Å². The molecule has 0 saturated carbocycles. The van der Waals surface area contributed by atoms with Gasteiger partial charge in [0.2, 0.25) is 11.8 Å². The van der Waals surface area contributed by atoms with Gasteiger partial charge in [0.1, 0.15) is 6.04 Å². The summed E-state index contributed by atoms with van der Waals surface area (Å²) in [4.78, 5) is 60.1. The average molecular weight is 362 g/mol. The van der Waals surface area contributed by atoms with Gasteiger partial charge in [-0.15, -0.1) is 0 Å². The van der Waals surface area contributed by atoms with E-state index in [9.17, 15) is 24.0 Å². The van der Waals surface area contributed by atoms with Gasteiger partial charge in [-0.25, -0.2) is 0 Å². The lowest BCUT2D eigenvalue weighted by atomic mass is 9.96. The molecule has 9 nitrogen and oxygen atoms in total. The van der Waals surface area contributed by atoms with E-state index in [1.807, 2.05) is 0 Å². The molecule has 3 atom stereocenters. The fraction of sp³-hybridized carbons (Fsp3) is 0.353. The summed E-state index contributed by atoms with van der Waals surface area (Å²) in [7, 11) is 0. The van der Waals surface area contributed by atoms with E-state index in [2.05, 4.69) is 5.32 Å². The van der Waals surface area contributed by atoms with Crippen molar-refractivity contribution >= 4 is 29.7 Å². The summed E-state index contributed by atoms with van der Waals surface area (Å²) in [5.74, 6) is -4.42. The summed E-state index contributed by atoms with van der Waals surface area (Å²) in [6.07, 6.45) is -1.87. The molecule has 1 saturated heterocycles. The first-order valence-electron chi connectivity index (χ1n) is 7.80. The number of carbonyl (C=O) groups excluding carboxylic acids is 4. The molecule has 0 aromatic heterocycles. The number of carbonyl (C=O) groups is 5. The Kier molecular flexibility index (Phi) is 5.71. The normalized spacial score (nSPS) is 20.9.